The molecule has 1 fully saturated rings. The molecule has 2 N–H and O–H groups in total. The number of oxazole rings is 1. The van der Waals surface area contributed by atoms with E-state index in [4.69, 9.17) is 9.15 Å². The lowest BCUT2D eigenvalue weighted by Crippen LogP contribution is -2.49. The van der Waals surface area contributed by atoms with Gasteiger partial charge in [0.15, 0.2) is 5.58 Å². The maximum Gasteiger partial charge on any atom is 0.417 e. The number of nitrogens with zero attached hydrogens (tertiary/aromatic N) is 2. The highest BCUT2D eigenvalue weighted by Crippen LogP contribution is 2.19. The molecule has 7 nitrogen and oxygen atoms in total. The molecule has 0 saturated carbocycles. The highest BCUT2D eigenvalue weighted by atomic mass is 16.5. The summed E-state index contributed by atoms with van der Waals surface area (Å²) in [7, 11) is 0. The Balaban J connectivity index is 1.23. The van der Waals surface area contributed by atoms with Crippen LogP contribution in [0.15, 0.2) is 51.7 Å². The maximum atomic E-state index is 11.2. The van der Waals surface area contributed by atoms with Crippen LogP contribution in [-0.4, -0.2) is 60.4 Å². The Labute approximate surface area is 169 Å². The van der Waals surface area contributed by atoms with Gasteiger partial charge >= 0.3 is 5.76 Å². The van der Waals surface area contributed by atoms with Crippen LogP contribution in [0.2, 0.25) is 0 Å². The number of piperazine rings is 1. The summed E-state index contributed by atoms with van der Waals surface area (Å²) in [6.07, 6.45) is 0.473. The molecule has 0 unspecified atom stereocenters. The van der Waals surface area contributed by atoms with Crippen molar-refractivity contribution in [3.05, 3.63) is 58.6 Å². The van der Waals surface area contributed by atoms with Crippen molar-refractivity contribution in [1.82, 2.24) is 9.88 Å². The van der Waals surface area contributed by atoms with Crippen molar-refractivity contribution in [3.8, 4) is 5.75 Å². The van der Waals surface area contributed by atoms with Gasteiger partial charge in [0.2, 0.25) is 0 Å². The van der Waals surface area contributed by atoms with Gasteiger partial charge in [0, 0.05) is 44.5 Å². The topological polar surface area (TPSA) is 81.9 Å². The molecule has 2 heterocycles. The molecule has 1 aromatic heterocycles. The first-order valence-corrected chi connectivity index (χ1v) is 10.1. The van der Waals surface area contributed by atoms with Crippen molar-refractivity contribution in [2.24, 2.45) is 0 Å². The lowest BCUT2D eigenvalue weighted by Gasteiger charge is -2.37. The highest BCUT2D eigenvalue weighted by molar-refractivity contribution is 5.73. The second-order valence-electron chi connectivity index (χ2n) is 7.44. The third-order valence-corrected chi connectivity index (χ3v) is 5.39. The lowest BCUT2D eigenvalue weighted by atomic mass is 10.1. The van der Waals surface area contributed by atoms with Gasteiger partial charge in [0.05, 0.1) is 5.52 Å². The van der Waals surface area contributed by atoms with E-state index in [2.05, 4.69) is 46.0 Å². The molecule has 1 aliphatic heterocycles. The molecule has 1 atom stereocenters. The molecule has 0 spiro atoms. The minimum absolute atomic E-state index is 0.193. The predicted octanol–water partition coefficient (Wildman–Crippen LogP) is 2.25. The number of aromatic nitrogens is 1. The molecule has 1 saturated heterocycles. The summed E-state index contributed by atoms with van der Waals surface area (Å²) < 4.78 is 10.7. The zero-order valence-electron chi connectivity index (χ0n) is 16.6. The summed E-state index contributed by atoms with van der Waals surface area (Å²) in [6.45, 7) is 6.65. The number of rotatable bonds is 7. The first-order chi connectivity index (χ1) is 14.1. The second-order valence-corrected chi connectivity index (χ2v) is 7.44. The number of hydrogen-bond donors (Lipinski definition) is 2. The Morgan fingerprint density at radius 3 is 2.62 bits per heavy atom. The molecule has 29 heavy (non-hydrogen) atoms. The van der Waals surface area contributed by atoms with Crippen molar-refractivity contribution in [2.75, 3.05) is 44.2 Å². The fourth-order valence-corrected chi connectivity index (χ4v) is 3.69. The number of benzene rings is 2. The van der Waals surface area contributed by atoms with Crippen LogP contribution in [0.25, 0.3) is 11.1 Å². The lowest BCUT2D eigenvalue weighted by molar-refractivity contribution is 0.0663. The molecule has 0 aliphatic carbocycles. The van der Waals surface area contributed by atoms with Crippen LogP contribution in [-0.2, 0) is 6.42 Å². The molecular formula is C22H27N3O4. The van der Waals surface area contributed by atoms with Crippen molar-refractivity contribution >= 4 is 16.8 Å². The molecule has 3 aromatic rings. The van der Waals surface area contributed by atoms with E-state index in [0.29, 0.717) is 23.4 Å². The highest BCUT2D eigenvalue weighted by Gasteiger charge is 2.20. The number of aryl methyl sites for hydroxylation is 1. The van der Waals surface area contributed by atoms with Gasteiger partial charge in [0.1, 0.15) is 18.5 Å². The van der Waals surface area contributed by atoms with Gasteiger partial charge in [-0.05, 0) is 36.2 Å². The van der Waals surface area contributed by atoms with E-state index in [1.807, 2.05) is 0 Å². The van der Waals surface area contributed by atoms with Gasteiger partial charge in [-0.2, -0.15) is 0 Å². The van der Waals surface area contributed by atoms with Gasteiger partial charge < -0.3 is 19.2 Å². The number of fused-ring (bicyclic) bond motifs is 1. The van der Waals surface area contributed by atoms with E-state index in [-0.39, 0.29) is 6.61 Å². The van der Waals surface area contributed by atoms with E-state index in [9.17, 15) is 9.90 Å². The number of anilines is 1. The van der Waals surface area contributed by atoms with Gasteiger partial charge in [0.25, 0.3) is 0 Å². The van der Waals surface area contributed by atoms with Crippen LogP contribution < -0.4 is 15.4 Å². The van der Waals surface area contributed by atoms with Crippen LogP contribution in [0.5, 0.6) is 5.75 Å². The van der Waals surface area contributed by atoms with Crippen LogP contribution in [0.4, 0.5) is 5.69 Å². The summed E-state index contributed by atoms with van der Waals surface area (Å²) in [5.41, 5.74) is 3.70. The minimum Gasteiger partial charge on any atom is -0.491 e. The first-order valence-electron chi connectivity index (χ1n) is 10.1. The predicted molar refractivity (Wildman–Crippen MR) is 113 cm³/mol. The number of aliphatic hydroxyl groups excluding tert-OH is 1. The third-order valence-electron chi connectivity index (χ3n) is 5.39. The molecule has 0 amide bonds. The van der Waals surface area contributed by atoms with E-state index < -0.39 is 11.9 Å². The number of nitrogens with one attached hydrogen (secondary N) is 1. The SMILES string of the molecule is CCc1ccc(N2CCN(C[C@H](O)COc3ccc4[nH]c(=O)oc4c3)CC2)cc1. The van der Waals surface area contributed by atoms with Crippen molar-refractivity contribution < 1.29 is 14.3 Å². The monoisotopic (exact) mass is 397 g/mol. The number of H-pyrrole nitrogens is 1. The maximum absolute atomic E-state index is 11.2. The molecule has 7 heteroatoms. The van der Waals surface area contributed by atoms with Gasteiger partial charge in [-0.15, -0.1) is 0 Å². The molecule has 154 valence electrons. The van der Waals surface area contributed by atoms with E-state index in [1.165, 1.54) is 11.3 Å². The number of hydrogen-bond acceptors (Lipinski definition) is 6. The second kappa shape index (κ2) is 8.71. The Hall–Kier alpha value is -2.77. The van der Waals surface area contributed by atoms with E-state index in [0.717, 1.165) is 32.6 Å². The number of aliphatic hydroxyl groups is 1. The van der Waals surface area contributed by atoms with Crippen molar-refractivity contribution in [1.29, 1.82) is 0 Å². The molecule has 1 aliphatic rings. The summed E-state index contributed by atoms with van der Waals surface area (Å²) in [4.78, 5) is 18.5. The van der Waals surface area contributed by atoms with Crippen molar-refractivity contribution in [2.45, 2.75) is 19.4 Å². The summed E-state index contributed by atoms with van der Waals surface area (Å²) in [5, 5.41) is 10.4. The normalized spacial score (nSPS) is 16.3. The van der Waals surface area contributed by atoms with Crippen LogP contribution >= 0.6 is 0 Å². The van der Waals surface area contributed by atoms with Crippen LogP contribution in [0.3, 0.4) is 0 Å². The number of β-amino-alcohol motifs (C(OH)–C–C–N with tert-alkyl or cyclic N) is 1. The minimum atomic E-state index is -0.584. The molecular weight excluding hydrogens is 370 g/mol. The number of aromatic amines is 1. The van der Waals surface area contributed by atoms with Crippen LogP contribution in [0, 0.1) is 0 Å². The summed E-state index contributed by atoms with van der Waals surface area (Å²) in [6, 6.07) is 13.9. The smallest absolute Gasteiger partial charge is 0.417 e. The average Bonchev–Trinajstić information content (AvgIpc) is 3.12. The van der Waals surface area contributed by atoms with E-state index >= 15 is 0 Å². The Kier molecular flexibility index (Phi) is 5.87. The summed E-state index contributed by atoms with van der Waals surface area (Å²) in [5.74, 6) is 0.0808. The molecule has 2 aromatic carbocycles. The fourth-order valence-electron chi connectivity index (χ4n) is 3.69. The zero-order chi connectivity index (χ0) is 20.2. The van der Waals surface area contributed by atoms with Gasteiger partial charge in [-0.3, -0.25) is 9.88 Å². The quantitative estimate of drug-likeness (QED) is 0.636. The average molecular weight is 397 g/mol. The first kappa shape index (κ1) is 19.5. The largest absolute Gasteiger partial charge is 0.491 e. The Morgan fingerprint density at radius 2 is 1.90 bits per heavy atom. The zero-order valence-corrected chi connectivity index (χ0v) is 16.6. The molecule has 0 bridgehead atoms. The Bertz CT molecular complexity index is 987. The molecule has 0 radical (unpaired) electrons. The van der Waals surface area contributed by atoms with Crippen molar-refractivity contribution in [3.63, 3.8) is 0 Å². The summed E-state index contributed by atoms with van der Waals surface area (Å²) >= 11 is 0. The van der Waals surface area contributed by atoms with Gasteiger partial charge in [-0.1, -0.05) is 19.1 Å². The van der Waals surface area contributed by atoms with E-state index in [1.54, 1.807) is 18.2 Å². The molecule has 4 rings (SSSR count). The standard InChI is InChI=1S/C22H27N3O4/c1-2-16-3-5-17(6-4-16)25-11-9-24(10-12-25)14-18(26)15-28-19-7-8-20-21(13-19)29-22(27)23-20/h3-8,13,18,26H,2,9-12,14-15H2,1H3,(H,23,27)/t18-/m0/s1. The fraction of sp³-hybridized carbons (Fsp3) is 0.409. The number of ether oxygens (including phenoxy) is 1. The Morgan fingerprint density at radius 1 is 1.14 bits per heavy atom. The van der Waals surface area contributed by atoms with Crippen LogP contribution in [0.1, 0.15) is 12.5 Å². The third kappa shape index (κ3) is 4.81. The van der Waals surface area contributed by atoms with Gasteiger partial charge in [-0.25, -0.2) is 4.79 Å².